The van der Waals surface area contributed by atoms with Crippen molar-refractivity contribution in [1.29, 1.82) is 0 Å². The first-order valence-electron chi connectivity index (χ1n) is 8.16. The van der Waals surface area contributed by atoms with Gasteiger partial charge in [-0.1, -0.05) is 39.3 Å². The molecule has 2 aliphatic rings. The number of alkyl halides is 1. The molecular formula is C19H14BrN3O4. The van der Waals surface area contributed by atoms with Crippen LogP contribution in [0.3, 0.4) is 0 Å². The van der Waals surface area contributed by atoms with Crippen molar-refractivity contribution < 1.29 is 19.5 Å². The van der Waals surface area contributed by atoms with Gasteiger partial charge in [-0.25, -0.2) is 4.79 Å². The normalized spacial score (nSPS) is 18.7. The molecule has 2 aliphatic heterocycles. The molecule has 2 heterocycles. The average molecular weight is 428 g/mol. The highest BCUT2D eigenvalue weighted by molar-refractivity contribution is 9.09. The minimum absolute atomic E-state index is 0.105. The Morgan fingerprint density at radius 3 is 2.67 bits per heavy atom. The largest absolute Gasteiger partial charge is 0.478 e. The minimum Gasteiger partial charge on any atom is -0.478 e. The molecule has 136 valence electrons. The second-order valence-corrected chi connectivity index (χ2v) is 6.70. The fourth-order valence-electron chi connectivity index (χ4n) is 3.10. The number of fused-ring (bicyclic) bond motifs is 2. The van der Waals surface area contributed by atoms with Crippen LogP contribution in [0.5, 0.6) is 0 Å². The van der Waals surface area contributed by atoms with Crippen LogP contribution >= 0.6 is 15.9 Å². The van der Waals surface area contributed by atoms with Gasteiger partial charge in [-0.3, -0.25) is 4.79 Å². The number of hydrogen-bond donors (Lipinski definition) is 3. The zero-order valence-corrected chi connectivity index (χ0v) is 15.5. The van der Waals surface area contributed by atoms with Gasteiger partial charge in [0.25, 0.3) is 5.91 Å². The third kappa shape index (κ3) is 2.97. The number of carboxylic acid groups (broad SMARTS) is 1. The number of nitrogens with zero attached hydrogens (tertiary/aromatic N) is 1. The average Bonchev–Trinajstić information content (AvgIpc) is 3.17. The standard InChI is InChI=1S/C19H14BrN3O4/c20-7-8-27-23-16-11-3-1-2-4-13(11)21-17(16)15-12-9-10(19(25)26)5-6-14(12)22-18(15)24/h1-6,9,21H,7-8H2,(H,22,24)(H,25,26)/b17-15-,23-16+. The summed E-state index contributed by atoms with van der Waals surface area (Å²) in [6.45, 7) is 0.375. The molecule has 0 fully saturated rings. The zero-order chi connectivity index (χ0) is 19.0. The molecule has 0 bridgehead atoms. The van der Waals surface area contributed by atoms with Crippen LogP contribution in [0, 0.1) is 0 Å². The number of rotatable bonds is 4. The first kappa shape index (κ1) is 17.3. The molecule has 2 aromatic rings. The maximum absolute atomic E-state index is 12.7. The summed E-state index contributed by atoms with van der Waals surface area (Å²) in [5.41, 5.74) is 4.13. The number of carboxylic acids is 1. The topological polar surface area (TPSA) is 100 Å². The van der Waals surface area contributed by atoms with Gasteiger partial charge in [0.2, 0.25) is 0 Å². The SMILES string of the molecule is O=C1Nc2ccc(C(=O)O)cc2/C1=C1/Nc2ccccc2/C1=N\OCCBr. The molecule has 7 nitrogen and oxygen atoms in total. The lowest BCUT2D eigenvalue weighted by Gasteiger charge is -2.07. The van der Waals surface area contributed by atoms with Gasteiger partial charge in [-0.2, -0.15) is 0 Å². The third-order valence-electron chi connectivity index (χ3n) is 4.26. The lowest BCUT2D eigenvalue weighted by Crippen LogP contribution is -2.13. The van der Waals surface area contributed by atoms with E-state index in [4.69, 9.17) is 4.84 Å². The molecule has 4 rings (SSSR count). The molecule has 0 atom stereocenters. The summed E-state index contributed by atoms with van der Waals surface area (Å²) in [6.07, 6.45) is 0. The Bertz CT molecular complexity index is 1030. The molecule has 0 spiro atoms. The van der Waals surface area contributed by atoms with Crippen molar-refractivity contribution in [1.82, 2.24) is 0 Å². The van der Waals surface area contributed by atoms with Crippen LogP contribution in [0.1, 0.15) is 21.5 Å². The van der Waals surface area contributed by atoms with Crippen molar-refractivity contribution in [3.05, 3.63) is 64.9 Å². The van der Waals surface area contributed by atoms with E-state index < -0.39 is 5.97 Å². The van der Waals surface area contributed by atoms with E-state index in [-0.39, 0.29) is 11.5 Å². The van der Waals surface area contributed by atoms with Crippen LogP contribution in [0.4, 0.5) is 11.4 Å². The van der Waals surface area contributed by atoms with Crippen LogP contribution in [-0.4, -0.2) is 34.6 Å². The van der Waals surface area contributed by atoms with E-state index in [1.165, 1.54) is 12.1 Å². The van der Waals surface area contributed by atoms with Crippen molar-refractivity contribution in [2.75, 3.05) is 22.6 Å². The van der Waals surface area contributed by atoms with Gasteiger partial charge in [0.05, 0.1) is 16.8 Å². The van der Waals surface area contributed by atoms with Gasteiger partial charge < -0.3 is 20.6 Å². The summed E-state index contributed by atoms with van der Waals surface area (Å²) in [5.74, 6) is -1.38. The maximum Gasteiger partial charge on any atom is 0.335 e. The molecule has 0 saturated heterocycles. The molecule has 8 heteroatoms. The first-order valence-corrected chi connectivity index (χ1v) is 9.28. The number of hydrogen-bond acceptors (Lipinski definition) is 5. The summed E-state index contributed by atoms with van der Waals surface area (Å²) in [4.78, 5) is 29.3. The number of amides is 1. The lowest BCUT2D eigenvalue weighted by molar-refractivity contribution is -0.110. The minimum atomic E-state index is -1.06. The van der Waals surface area contributed by atoms with Crippen LogP contribution in [0.2, 0.25) is 0 Å². The van der Waals surface area contributed by atoms with Crippen molar-refractivity contribution >= 4 is 50.5 Å². The second kappa shape index (κ2) is 6.88. The summed E-state index contributed by atoms with van der Waals surface area (Å²) in [7, 11) is 0. The van der Waals surface area contributed by atoms with E-state index in [1.54, 1.807) is 6.07 Å². The third-order valence-corrected chi connectivity index (χ3v) is 4.59. The fraction of sp³-hybridized carbons (Fsp3) is 0.105. The van der Waals surface area contributed by atoms with Gasteiger partial charge in [-0.15, -0.1) is 0 Å². The summed E-state index contributed by atoms with van der Waals surface area (Å²) in [6, 6.07) is 12.0. The van der Waals surface area contributed by atoms with E-state index >= 15 is 0 Å². The smallest absolute Gasteiger partial charge is 0.335 e. The van der Waals surface area contributed by atoms with E-state index in [1.807, 2.05) is 24.3 Å². The summed E-state index contributed by atoms with van der Waals surface area (Å²) in [5, 5.41) is 20.1. The Morgan fingerprint density at radius 1 is 1.11 bits per heavy atom. The van der Waals surface area contributed by atoms with Crippen molar-refractivity contribution in [2.45, 2.75) is 0 Å². The molecule has 0 saturated carbocycles. The number of benzene rings is 2. The molecule has 0 aliphatic carbocycles. The highest BCUT2D eigenvalue weighted by Gasteiger charge is 2.34. The maximum atomic E-state index is 12.7. The highest BCUT2D eigenvalue weighted by atomic mass is 79.9. The monoisotopic (exact) mass is 427 g/mol. The lowest BCUT2D eigenvalue weighted by atomic mass is 9.99. The van der Waals surface area contributed by atoms with Crippen LogP contribution < -0.4 is 10.6 Å². The number of aromatic carboxylic acids is 1. The van der Waals surface area contributed by atoms with Crippen LogP contribution in [0.25, 0.3) is 5.57 Å². The molecule has 27 heavy (non-hydrogen) atoms. The number of oxime groups is 1. The van der Waals surface area contributed by atoms with E-state index in [2.05, 4.69) is 31.7 Å². The first-order chi connectivity index (χ1) is 13.1. The summed E-state index contributed by atoms with van der Waals surface area (Å²) >= 11 is 3.28. The summed E-state index contributed by atoms with van der Waals surface area (Å²) < 4.78 is 0. The molecule has 2 aromatic carbocycles. The second-order valence-electron chi connectivity index (χ2n) is 5.90. The Balaban J connectivity index is 1.89. The molecule has 3 N–H and O–H groups in total. The van der Waals surface area contributed by atoms with Gasteiger partial charge in [-0.05, 0) is 24.3 Å². The van der Waals surface area contributed by atoms with E-state index in [0.29, 0.717) is 40.2 Å². The number of para-hydroxylation sites is 1. The van der Waals surface area contributed by atoms with Crippen LogP contribution in [0.15, 0.2) is 53.3 Å². The number of halogens is 1. The molecule has 0 unspecified atom stereocenters. The molecule has 0 aromatic heterocycles. The Morgan fingerprint density at radius 2 is 1.89 bits per heavy atom. The number of anilines is 2. The molecular weight excluding hydrogens is 414 g/mol. The van der Waals surface area contributed by atoms with Gasteiger partial charge in [0, 0.05) is 27.8 Å². The van der Waals surface area contributed by atoms with Gasteiger partial charge >= 0.3 is 5.97 Å². The Kier molecular flexibility index (Phi) is 4.41. The number of carbonyl (C=O) groups excluding carboxylic acids is 1. The fourth-order valence-corrected chi connectivity index (χ4v) is 3.24. The van der Waals surface area contributed by atoms with Crippen LogP contribution in [-0.2, 0) is 9.63 Å². The van der Waals surface area contributed by atoms with Crippen molar-refractivity contribution in [2.24, 2.45) is 5.16 Å². The Hall–Kier alpha value is -3.13. The zero-order valence-electron chi connectivity index (χ0n) is 14.0. The predicted molar refractivity (Wildman–Crippen MR) is 105 cm³/mol. The van der Waals surface area contributed by atoms with Gasteiger partial charge in [0.15, 0.2) is 0 Å². The number of carbonyl (C=O) groups is 2. The van der Waals surface area contributed by atoms with Crippen molar-refractivity contribution in [3.63, 3.8) is 0 Å². The quantitative estimate of drug-likeness (QED) is 0.300. The van der Waals surface area contributed by atoms with Gasteiger partial charge in [0.1, 0.15) is 12.3 Å². The van der Waals surface area contributed by atoms with E-state index in [9.17, 15) is 14.7 Å². The Labute approximate surface area is 162 Å². The number of allylic oxidation sites excluding steroid dienone is 1. The molecule has 1 amide bonds. The van der Waals surface area contributed by atoms with E-state index in [0.717, 1.165) is 11.3 Å². The van der Waals surface area contributed by atoms with Crippen molar-refractivity contribution in [3.8, 4) is 0 Å². The number of nitrogens with one attached hydrogen (secondary N) is 2. The highest BCUT2D eigenvalue weighted by Crippen LogP contribution is 2.39. The predicted octanol–water partition coefficient (Wildman–Crippen LogP) is 3.29. The molecule has 0 radical (unpaired) electrons.